The fourth-order valence-electron chi connectivity index (χ4n) is 2.37. The third kappa shape index (κ3) is 3.49. The molecule has 0 spiro atoms. The molecule has 0 aliphatic carbocycles. The van der Waals surface area contributed by atoms with Gasteiger partial charge in [-0.05, 0) is 6.42 Å². The molecule has 1 aromatic heterocycles. The van der Waals surface area contributed by atoms with Crippen LogP contribution in [-0.4, -0.2) is 55.7 Å². The van der Waals surface area contributed by atoms with E-state index in [1.165, 1.54) is 0 Å². The van der Waals surface area contributed by atoms with Crippen LogP contribution in [0, 0.1) is 5.41 Å². The zero-order valence-corrected chi connectivity index (χ0v) is 13.3. The maximum Gasteiger partial charge on any atom is 0.228 e. The van der Waals surface area contributed by atoms with Crippen LogP contribution in [0.3, 0.4) is 0 Å². The highest BCUT2D eigenvalue weighted by atomic mass is 32.1. The topological polar surface area (TPSA) is 45.7 Å². The van der Waals surface area contributed by atoms with Crippen molar-refractivity contribution >= 4 is 22.4 Å². The predicted molar refractivity (Wildman–Crippen MR) is 81.2 cm³/mol. The Morgan fingerprint density at radius 3 is 2.65 bits per heavy atom. The van der Waals surface area contributed by atoms with E-state index in [0.29, 0.717) is 6.61 Å². The zero-order valence-electron chi connectivity index (χ0n) is 12.5. The minimum Gasteiger partial charge on any atom is -0.385 e. The molecule has 0 saturated carbocycles. The minimum absolute atomic E-state index is 0.230. The van der Waals surface area contributed by atoms with Crippen molar-refractivity contribution in [1.29, 1.82) is 0 Å². The number of anilines is 1. The number of rotatable bonds is 5. The highest BCUT2D eigenvalue weighted by Gasteiger charge is 2.33. The number of carbonyl (C=O) groups excluding carboxylic acids is 1. The quantitative estimate of drug-likeness (QED) is 0.832. The van der Waals surface area contributed by atoms with Gasteiger partial charge in [0.25, 0.3) is 0 Å². The van der Waals surface area contributed by atoms with Crippen molar-refractivity contribution in [3.05, 3.63) is 11.6 Å². The molecule has 6 heteroatoms. The van der Waals surface area contributed by atoms with E-state index in [1.54, 1.807) is 18.4 Å². The standard InChI is InChI=1S/C14H23N3O2S/c1-14(2,4-10-19-3)12(18)16-6-8-17(9-7-16)13-15-5-11-20-13/h5,11H,4,6-10H2,1-3H3. The molecule has 0 aromatic carbocycles. The minimum atomic E-state index is -0.348. The van der Waals surface area contributed by atoms with Crippen molar-refractivity contribution in [2.45, 2.75) is 20.3 Å². The smallest absolute Gasteiger partial charge is 0.228 e. The van der Waals surface area contributed by atoms with Crippen molar-refractivity contribution in [3.63, 3.8) is 0 Å². The Balaban J connectivity index is 1.88. The fourth-order valence-corrected chi connectivity index (χ4v) is 3.06. The number of hydrogen-bond donors (Lipinski definition) is 0. The molecule has 1 fully saturated rings. The van der Waals surface area contributed by atoms with Crippen LogP contribution in [-0.2, 0) is 9.53 Å². The highest BCUT2D eigenvalue weighted by molar-refractivity contribution is 7.13. The third-order valence-electron chi connectivity index (χ3n) is 3.77. The zero-order chi connectivity index (χ0) is 14.6. The number of hydrogen-bond acceptors (Lipinski definition) is 5. The van der Waals surface area contributed by atoms with E-state index < -0.39 is 0 Å². The molecule has 5 nitrogen and oxygen atoms in total. The summed E-state index contributed by atoms with van der Waals surface area (Å²) in [6.07, 6.45) is 2.58. The van der Waals surface area contributed by atoms with Crippen LogP contribution in [0.2, 0.25) is 0 Å². The van der Waals surface area contributed by atoms with E-state index in [1.807, 2.05) is 30.3 Å². The Hall–Kier alpha value is -1.14. The summed E-state index contributed by atoms with van der Waals surface area (Å²) in [4.78, 5) is 21.1. The molecular formula is C14H23N3O2S. The predicted octanol–water partition coefficient (Wildman–Crippen LogP) is 1.85. The van der Waals surface area contributed by atoms with Gasteiger partial charge < -0.3 is 14.5 Å². The van der Waals surface area contributed by atoms with E-state index in [9.17, 15) is 4.79 Å². The molecule has 20 heavy (non-hydrogen) atoms. The largest absolute Gasteiger partial charge is 0.385 e. The average molecular weight is 297 g/mol. The lowest BCUT2D eigenvalue weighted by atomic mass is 9.87. The first-order chi connectivity index (χ1) is 9.54. The molecule has 0 unspecified atom stereocenters. The molecular weight excluding hydrogens is 274 g/mol. The van der Waals surface area contributed by atoms with Gasteiger partial charge in [-0.25, -0.2) is 4.98 Å². The number of nitrogens with zero attached hydrogens (tertiary/aromatic N) is 3. The molecule has 0 bridgehead atoms. The summed E-state index contributed by atoms with van der Waals surface area (Å²) in [7, 11) is 1.67. The molecule has 0 N–H and O–H groups in total. The van der Waals surface area contributed by atoms with Gasteiger partial charge in [-0.15, -0.1) is 11.3 Å². The second-order valence-corrected chi connectivity index (χ2v) is 6.59. The number of aromatic nitrogens is 1. The number of thiazole rings is 1. The van der Waals surface area contributed by atoms with Gasteiger partial charge >= 0.3 is 0 Å². The Morgan fingerprint density at radius 1 is 1.40 bits per heavy atom. The van der Waals surface area contributed by atoms with E-state index in [4.69, 9.17) is 4.74 Å². The van der Waals surface area contributed by atoms with Gasteiger partial charge in [0.2, 0.25) is 5.91 Å². The lowest BCUT2D eigenvalue weighted by molar-refractivity contribution is -0.141. The van der Waals surface area contributed by atoms with Gasteiger partial charge in [-0.2, -0.15) is 0 Å². The van der Waals surface area contributed by atoms with Crippen molar-refractivity contribution in [2.24, 2.45) is 5.41 Å². The second kappa shape index (κ2) is 6.54. The van der Waals surface area contributed by atoms with E-state index in [-0.39, 0.29) is 11.3 Å². The molecule has 1 amide bonds. The summed E-state index contributed by atoms with van der Waals surface area (Å²) in [5, 5.41) is 3.04. The van der Waals surface area contributed by atoms with Crippen molar-refractivity contribution in [2.75, 3.05) is 44.8 Å². The first kappa shape index (κ1) is 15.3. The SMILES string of the molecule is COCCC(C)(C)C(=O)N1CCN(c2nccs2)CC1. The molecule has 1 aromatic rings. The first-order valence-electron chi connectivity index (χ1n) is 6.97. The lowest BCUT2D eigenvalue weighted by Gasteiger charge is -2.38. The fraction of sp³-hybridized carbons (Fsp3) is 0.714. The van der Waals surface area contributed by atoms with Crippen LogP contribution in [0.5, 0.6) is 0 Å². The second-order valence-electron chi connectivity index (χ2n) is 5.72. The molecule has 1 saturated heterocycles. The third-order valence-corrected chi connectivity index (χ3v) is 4.60. The number of amides is 1. The van der Waals surface area contributed by atoms with E-state index >= 15 is 0 Å². The van der Waals surface area contributed by atoms with Gasteiger partial charge in [0, 0.05) is 56.9 Å². The van der Waals surface area contributed by atoms with Crippen molar-refractivity contribution < 1.29 is 9.53 Å². The Kier molecular flexibility index (Phi) is 4.99. The Bertz CT molecular complexity index is 426. The molecule has 0 radical (unpaired) electrons. The van der Waals surface area contributed by atoms with Gasteiger partial charge in [0.1, 0.15) is 0 Å². The van der Waals surface area contributed by atoms with Gasteiger partial charge in [0.15, 0.2) is 5.13 Å². The van der Waals surface area contributed by atoms with Gasteiger partial charge in [-0.1, -0.05) is 13.8 Å². The Labute approximate surface area is 124 Å². The summed E-state index contributed by atoms with van der Waals surface area (Å²) in [5.41, 5.74) is -0.348. The van der Waals surface area contributed by atoms with Gasteiger partial charge in [-0.3, -0.25) is 4.79 Å². The van der Waals surface area contributed by atoms with Crippen LogP contribution < -0.4 is 4.90 Å². The number of piperazine rings is 1. The van der Waals surface area contributed by atoms with Crippen LogP contribution in [0.15, 0.2) is 11.6 Å². The summed E-state index contributed by atoms with van der Waals surface area (Å²) in [6.45, 7) is 7.89. The van der Waals surface area contributed by atoms with Crippen molar-refractivity contribution in [3.8, 4) is 0 Å². The van der Waals surface area contributed by atoms with Gasteiger partial charge in [0.05, 0.1) is 0 Å². The molecule has 0 atom stereocenters. The van der Waals surface area contributed by atoms with Crippen LogP contribution >= 0.6 is 11.3 Å². The van der Waals surface area contributed by atoms with E-state index in [0.717, 1.165) is 37.7 Å². The van der Waals surface area contributed by atoms with Crippen LogP contribution in [0.1, 0.15) is 20.3 Å². The summed E-state index contributed by atoms with van der Waals surface area (Å²) in [5.74, 6) is 0.230. The summed E-state index contributed by atoms with van der Waals surface area (Å²) < 4.78 is 5.10. The lowest BCUT2D eigenvalue weighted by Crippen LogP contribution is -2.52. The monoisotopic (exact) mass is 297 g/mol. The normalized spacial score (nSPS) is 16.6. The molecule has 1 aliphatic rings. The molecule has 2 rings (SSSR count). The number of carbonyl (C=O) groups is 1. The summed E-state index contributed by atoms with van der Waals surface area (Å²) >= 11 is 1.65. The highest BCUT2D eigenvalue weighted by Crippen LogP contribution is 2.25. The number of methoxy groups -OCH3 is 1. The Morgan fingerprint density at radius 2 is 2.10 bits per heavy atom. The number of ether oxygens (including phenoxy) is 1. The maximum absolute atomic E-state index is 12.6. The maximum atomic E-state index is 12.6. The summed E-state index contributed by atoms with van der Waals surface area (Å²) in [6, 6.07) is 0. The van der Waals surface area contributed by atoms with Crippen LogP contribution in [0.4, 0.5) is 5.13 Å². The van der Waals surface area contributed by atoms with Crippen LogP contribution in [0.25, 0.3) is 0 Å². The molecule has 2 heterocycles. The molecule has 112 valence electrons. The average Bonchev–Trinajstić information content (AvgIpc) is 2.99. The molecule has 1 aliphatic heterocycles. The van der Waals surface area contributed by atoms with Crippen molar-refractivity contribution in [1.82, 2.24) is 9.88 Å². The van der Waals surface area contributed by atoms with E-state index in [2.05, 4.69) is 9.88 Å². The first-order valence-corrected chi connectivity index (χ1v) is 7.85.